The summed E-state index contributed by atoms with van der Waals surface area (Å²) < 4.78 is 70.1. The van der Waals surface area contributed by atoms with Crippen molar-refractivity contribution < 1.29 is 35.3 Å². The van der Waals surface area contributed by atoms with Crippen LogP contribution in [0.4, 0.5) is 13.2 Å². The molecule has 0 saturated carbocycles. The third-order valence-electron chi connectivity index (χ3n) is 4.69. The van der Waals surface area contributed by atoms with Gasteiger partial charge in [0.1, 0.15) is 5.75 Å². The number of aryl methyl sites for hydroxylation is 1. The molecule has 0 unspecified atom stereocenters. The molecule has 0 saturated heterocycles. The first-order chi connectivity index (χ1) is 14.9. The van der Waals surface area contributed by atoms with E-state index >= 15 is 0 Å². The molecule has 0 bridgehead atoms. The van der Waals surface area contributed by atoms with Crippen LogP contribution in [0.2, 0.25) is 5.02 Å². The number of halogens is 4. The number of rotatable bonds is 6. The average Bonchev–Trinajstić information content (AvgIpc) is 2.68. The van der Waals surface area contributed by atoms with Crippen LogP contribution in [0.25, 0.3) is 21.9 Å². The Morgan fingerprint density at radius 2 is 1.72 bits per heavy atom. The van der Waals surface area contributed by atoms with Crippen LogP contribution in [0.3, 0.4) is 0 Å². The van der Waals surface area contributed by atoms with Crippen molar-refractivity contribution in [1.82, 2.24) is 0 Å². The van der Waals surface area contributed by atoms with Crippen molar-refractivity contribution in [3.05, 3.63) is 64.7 Å². The summed E-state index contributed by atoms with van der Waals surface area (Å²) in [6.45, 7) is 3.66. The Balaban J connectivity index is 2.20. The smallest absolute Gasteiger partial charge is 0.466 e. The Labute approximate surface area is 187 Å². The molecule has 170 valence electrons. The lowest BCUT2D eigenvalue weighted by molar-refractivity contribution is -0.142. The highest BCUT2D eigenvalue weighted by atomic mass is 35.5. The van der Waals surface area contributed by atoms with E-state index in [0.29, 0.717) is 32.5 Å². The summed E-state index contributed by atoms with van der Waals surface area (Å²) in [4.78, 5) is 12.2. The fourth-order valence-electron chi connectivity index (χ4n) is 3.32. The van der Waals surface area contributed by atoms with Crippen LogP contribution in [0.1, 0.15) is 18.1 Å². The number of carbonyl (C=O) groups is 1. The number of alkyl halides is 3. The SMILES string of the molecule is CCOC(=O)Cc1c(C)cc2cc(OS(=O)(=O)C(F)(F)F)ccc2c1-c1ccc(Cl)cc1. The molecule has 3 rings (SSSR count). The molecule has 3 aromatic carbocycles. The second-order valence-electron chi connectivity index (χ2n) is 6.90. The van der Waals surface area contributed by atoms with E-state index in [2.05, 4.69) is 4.18 Å². The molecular weight excluding hydrogens is 469 g/mol. The molecule has 32 heavy (non-hydrogen) atoms. The zero-order valence-electron chi connectivity index (χ0n) is 17.0. The van der Waals surface area contributed by atoms with Crippen molar-refractivity contribution in [3.8, 4) is 16.9 Å². The Hall–Kier alpha value is -2.78. The van der Waals surface area contributed by atoms with Crippen molar-refractivity contribution in [2.24, 2.45) is 0 Å². The van der Waals surface area contributed by atoms with Crippen LogP contribution in [0, 0.1) is 6.92 Å². The molecule has 0 N–H and O–H groups in total. The molecule has 0 heterocycles. The summed E-state index contributed by atoms with van der Waals surface area (Å²) in [5.41, 5.74) is -2.81. The largest absolute Gasteiger partial charge is 0.534 e. The van der Waals surface area contributed by atoms with E-state index in [1.807, 2.05) is 0 Å². The highest BCUT2D eigenvalue weighted by Gasteiger charge is 2.48. The Bertz CT molecular complexity index is 1270. The van der Waals surface area contributed by atoms with E-state index in [-0.39, 0.29) is 13.0 Å². The van der Waals surface area contributed by atoms with E-state index in [4.69, 9.17) is 16.3 Å². The van der Waals surface area contributed by atoms with Gasteiger partial charge in [0.15, 0.2) is 0 Å². The van der Waals surface area contributed by atoms with Crippen LogP contribution in [-0.2, 0) is 26.1 Å². The standard InChI is InChI=1S/C22H18ClF3O5S/c1-3-30-20(27)12-19-13(2)10-15-11-17(31-32(28,29)22(24,25)26)8-9-18(15)21(19)14-4-6-16(23)7-5-14/h4-11H,3,12H2,1-2H3. The van der Waals surface area contributed by atoms with Gasteiger partial charge in [-0.2, -0.15) is 21.6 Å². The molecule has 0 fully saturated rings. The Morgan fingerprint density at radius 3 is 2.31 bits per heavy atom. The first kappa shape index (κ1) is 23.9. The van der Waals surface area contributed by atoms with Crippen LogP contribution >= 0.6 is 11.6 Å². The molecule has 0 amide bonds. The lowest BCUT2D eigenvalue weighted by atomic mass is 9.88. The number of hydrogen-bond acceptors (Lipinski definition) is 5. The second kappa shape index (κ2) is 8.99. The van der Waals surface area contributed by atoms with Gasteiger partial charge in [-0.3, -0.25) is 4.79 Å². The van der Waals surface area contributed by atoms with Crippen molar-refractivity contribution >= 4 is 38.5 Å². The molecule has 0 spiro atoms. The topological polar surface area (TPSA) is 69.7 Å². The minimum atomic E-state index is -5.80. The lowest BCUT2D eigenvalue weighted by Crippen LogP contribution is -2.28. The lowest BCUT2D eigenvalue weighted by Gasteiger charge is -2.17. The van der Waals surface area contributed by atoms with Gasteiger partial charge >= 0.3 is 21.6 Å². The van der Waals surface area contributed by atoms with Gasteiger partial charge in [0.2, 0.25) is 0 Å². The predicted octanol–water partition coefficient (Wildman–Crippen LogP) is 5.80. The van der Waals surface area contributed by atoms with Crippen molar-refractivity contribution in [1.29, 1.82) is 0 Å². The summed E-state index contributed by atoms with van der Waals surface area (Å²) in [6, 6.07) is 12.3. The van der Waals surface area contributed by atoms with E-state index in [9.17, 15) is 26.4 Å². The quantitative estimate of drug-likeness (QED) is 0.250. The van der Waals surface area contributed by atoms with Crippen LogP contribution in [0.5, 0.6) is 5.75 Å². The Kier molecular flexibility index (Phi) is 6.71. The van der Waals surface area contributed by atoms with Gasteiger partial charge < -0.3 is 8.92 Å². The maximum absolute atomic E-state index is 12.7. The average molecular weight is 487 g/mol. The fraction of sp³-hybridized carbons (Fsp3) is 0.227. The third kappa shape index (κ3) is 4.99. The van der Waals surface area contributed by atoms with Gasteiger partial charge in [-0.25, -0.2) is 0 Å². The highest BCUT2D eigenvalue weighted by molar-refractivity contribution is 7.88. The number of carbonyl (C=O) groups excluding carboxylic acids is 1. The minimum absolute atomic E-state index is 0.0196. The minimum Gasteiger partial charge on any atom is -0.466 e. The van der Waals surface area contributed by atoms with Gasteiger partial charge in [0.05, 0.1) is 13.0 Å². The third-order valence-corrected chi connectivity index (χ3v) is 5.92. The molecule has 0 aromatic heterocycles. The number of ether oxygens (including phenoxy) is 1. The first-order valence-corrected chi connectivity index (χ1v) is 11.2. The van der Waals surface area contributed by atoms with Gasteiger partial charge in [-0.05, 0) is 71.1 Å². The predicted molar refractivity (Wildman–Crippen MR) is 115 cm³/mol. The summed E-state index contributed by atoms with van der Waals surface area (Å²) in [7, 11) is -5.80. The van der Waals surface area contributed by atoms with Crippen molar-refractivity contribution in [2.75, 3.05) is 6.61 Å². The van der Waals surface area contributed by atoms with Gasteiger partial charge in [0.25, 0.3) is 0 Å². The van der Waals surface area contributed by atoms with Gasteiger partial charge in [-0.1, -0.05) is 35.9 Å². The number of benzene rings is 3. The van der Waals surface area contributed by atoms with Crippen LogP contribution in [0.15, 0.2) is 48.5 Å². The van der Waals surface area contributed by atoms with Crippen LogP contribution < -0.4 is 4.18 Å². The van der Waals surface area contributed by atoms with Crippen LogP contribution in [-0.4, -0.2) is 26.5 Å². The zero-order valence-corrected chi connectivity index (χ0v) is 18.6. The molecule has 0 radical (unpaired) electrons. The van der Waals surface area contributed by atoms with E-state index in [1.165, 1.54) is 12.1 Å². The highest BCUT2D eigenvalue weighted by Crippen LogP contribution is 2.38. The monoisotopic (exact) mass is 486 g/mol. The molecule has 10 heteroatoms. The molecule has 3 aromatic rings. The molecular formula is C22H18ClF3O5S. The number of esters is 1. The normalized spacial score (nSPS) is 12.1. The summed E-state index contributed by atoms with van der Waals surface area (Å²) in [5.74, 6) is -0.907. The van der Waals surface area contributed by atoms with E-state index < -0.39 is 27.3 Å². The van der Waals surface area contributed by atoms with Gasteiger partial charge in [-0.15, -0.1) is 0 Å². The molecule has 5 nitrogen and oxygen atoms in total. The molecule has 0 aliphatic carbocycles. The fourth-order valence-corrected chi connectivity index (χ4v) is 3.90. The maximum atomic E-state index is 12.7. The first-order valence-electron chi connectivity index (χ1n) is 9.41. The zero-order chi connectivity index (χ0) is 23.7. The van der Waals surface area contributed by atoms with E-state index in [1.54, 1.807) is 44.2 Å². The molecule has 0 atom stereocenters. The second-order valence-corrected chi connectivity index (χ2v) is 8.88. The molecule has 0 aliphatic rings. The summed E-state index contributed by atoms with van der Waals surface area (Å²) in [5, 5.41) is 1.54. The van der Waals surface area contributed by atoms with Crippen molar-refractivity contribution in [3.63, 3.8) is 0 Å². The molecule has 0 aliphatic heterocycles. The van der Waals surface area contributed by atoms with Gasteiger partial charge in [0, 0.05) is 5.02 Å². The number of fused-ring (bicyclic) bond motifs is 1. The summed E-state index contributed by atoms with van der Waals surface area (Å²) >= 11 is 5.99. The van der Waals surface area contributed by atoms with Crippen molar-refractivity contribution in [2.45, 2.75) is 25.8 Å². The Morgan fingerprint density at radius 1 is 1.06 bits per heavy atom. The van der Waals surface area contributed by atoms with E-state index in [0.717, 1.165) is 11.6 Å². The summed E-state index contributed by atoms with van der Waals surface area (Å²) in [6.07, 6.45) is -0.0196. The number of hydrogen-bond donors (Lipinski definition) is 0. The maximum Gasteiger partial charge on any atom is 0.534 e.